The molecule has 0 spiro atoms. The van der Waals surface area contributed by atoms with Crippen molar-refractivity contribution in [2.45, 2.75) is 13.0 Å². The maximum absolute atomic E-state index is 13.4. The van der Waals surface area contributed by atoms with Gasteiger partial charge in [0, 0.05) is 18.5 Å². The van der Waals surface area contributed by atoms with Crippen LogP contribution < -0.4 is 0 Å². The molecule has 1 aromatic heterocycles. The van der Waals surface area contributed by atoms with E-state index in [9.17, 15) is 18.7 Å². The van der Waals surface area contributed by atoms with Crippen LogP contribution in [0, 0.1) is 11.6 Å². The van der Waals surface area contributed by atoms with Crippen molar-refractivity contribution in [1.82, 2.24) is 9.55 Å². The zero-order valence-corrected chi connectivity index (χ0v) is 11.0. The molecule has 5 nitrogen and oxygen atoms in total. The summed E-state index contributed by atoms with van der Waals surface area (Å²) in [5, 5.41) is 9.24. The molecule has 0 fully saturated rings. The van der Waals surface area contributed by atoms with Crippen LogP contribution in [0.1, 0.15) is 16.2 Å². The van der Waals surface area contributed by atoms with Crippen LogP contribution in [0.5, 0.6) is 0 Å². The number of halogens is 2. The second-order valence-corrected chi connectivity index (χ2v) is 4.68. The Morgan fingerprint density at radius 2 is 2.10 bits per heavy atom. The van der Waals surface area contributed by atoms with Crippen LogP contribution in [0.2, 0.25) is 0 Å². The summed E-state index contributed by atoms with van der Waals surface area (Å²) in [5.74, 6) is -2.78. The summed E-state index contributed by atoms with van der Waals surface area (Å²) in [4.78, 5) is 15.4. The Labute approximate surface area is 118 Å². The van der Waals surface area contributed by atoms with Crippen LogP contribution in [-0.2, 0) is 17.7 Å². The van der Waals surface area contributed by atoms with Crippen molar-refractivity contribution >= 4 is 5.97 Å². The molecule has 1 N–H and O–H groups in total. The molecule has 2 aromatic rings. The Bertz CT molecular complexity index is 712. The van der Waals surface area contributed by atoms with Gasteiger partial charge in [-0.25, -0.2) is 18.6 Å². The zero-order valence-electron chi connectivity index (χ0n) is 11.0. The molecule has 21 heavy (non-hydrogen) atoms. The molecule has 2 heterocycles. The molecule has 0 unspecified atom stereocenters. The second-order valence-electron chi connectivity index (χ2n) is 4.68. The summed E-state index contributed by atoms with van der Waals surface area (Å²) in [7, 11) is 0. The molecule has 0 amide bonds. The van der Waals surface area contributed by atoms with Crippen molar-refractivity contribution in [2.75, 3.05) is 13.2 Å². The number of imidazole rings is 1. The number of hydrogen-bond donors (Lipinski definition) is 1. The van der Waals surface area contributed by atoms with E-state index >= 15 is 0 Å². The largest absolute Gasteiger partial charge is 0.476 e. The molecule has 7 heteroatoms. The van der Waals surface area contributed by atoms with Crippen molar-refractivity contribution in [1.29, 1.82) is 0 Å². The Morgan fingerprint density at radius 3 is 2.81 bits per heavy atom. The quantitative estimate of drug-likeness (QED) is 0.921. The average molecular weight is 294 g/mol. The normalized spacial score (nSPS) is 14.6. The van der Waals surface area contributed by atoms with Gasteiger partial charge >= 0.3 is 5.97 Å². The second kappa shape index (κ2) is 5.25. The summed E-state index contributed by atoms with van der Waals surface area (Å²) in [6.45, 7) is 1.24. The number of carboxylic acids is 1. The number of aromatic nitrogens is 2. The monoisotopic (exact) mass is 294 g/mol. The van der Waals surface area contributed by atoms with Gasteiger partial charge in [-0.15, -0.1) is 0 Å². The van der Waals surface area contributed by atoms with Gasteiger partial charge in [-0.3, -0.25) is 0 Å². The Kier molecular flexibility index (Phi) is 3.42. The van der Waals surface area contributed by atoms with Gasteiger partial charge in [-0.05, 0) is 18.2 Å². The standard InChI is InChI=1S/C14H12F2N2O3/c15-9-2-1-8(7-10(9)16)13-17-12(14(19)20)11-3-5-21-6-4-18(11)13/h1-2,7H,3-6H2,(H,19,20). The van der Waals surface area contributed by atoms with E-state index < -0.39 is 17.6 Å². The minimum atomic E-state index is -1.14. The maximum atomic E-state index is 13.4. The fraction of sp³-hybridized carbons (Fsp3) is 0.286. The van der Waals surface area contributed by atoms with E-state index in [0.717, 1.165) is 12.1 Å². The van der Waals surface area contributed by atoms with Gasteiger partial charge in [0.15, 0.2) is 17.3 Å². The lowest BCUT2D eigenvalue weighted by Crippen LogP contribution is -2.07. The van der Waals surface area contributed by atoms with Crippen molar-refractivity contribution < 1.29 is 23.4 Å². The average Bonchev–Trinajstić information content (AvgIpc) is 2.65. The number of fused-ring (bicyclic) bond motifs is 1. The number of benzene rings is 1. The van der Waals surface area contributed by atoms with Crippen LogP contribution in [0.4, 0.5) is 8.78 Å². The van der Waals surface area contributed by atoms with E-state index in [1.165, 1.54) is 6.07 Å². The summed E-state index contributed by atoms with van der Waals surface area (Å²) < 4.78 is 33.5. The third kappa shape index (κ3) is 2.40. The number of hydrogen-bond acceptors (Lipinski definition) is 3. The van der Waals surface area contributed by atoms with E-state index in [-0.39, 0.29) is 5.69 Å². The van der Waals surface area contributed by atoms with E-state index in [0.29, 0.717) is 43.3 Å². The molecule has 0 saturated carbocycles. The predicted octanol–water partition coefficient (Wildman–Crippen LogP) is 2.10. The Balaban J connectivity index is 2.17. The highest BCUT2D eigenvalue weighted by Crippen LogP contribution is 2.26. The fourth-order valence-electron chi connectivity index (χ4n) is 2.43. The highest BCUT2D eigenvalue weighted by molar-refractivity contribution is 5.88. The third-order valence-electron chi connectivity index (χ3n) is 3.40. The molecular weight excluding hydrogens is 282 g/mol. The van der Waals surface area contributed by atoms with E-state index in [4.69, 9.17) is 4.74 Å². The van der Waals surface area contributed by atoms with Gasteiger partial charge in [0.2, 0.25) is 0 Å². The highest BCUT2D eigenvalue weighted by Gasteiger charge is 2.24. The molecule has 0 bridgehead atoms. The highest BCUT2D eigenvalue weighted by atomic mass is 19.2. The maximum Gasteiger partial charge on any atom is 0.356 e. The molecule has 1 aliphatic rings. The molecule has 3 rings (SSSR count). The number of rotatable bonds is 2. The molecule has 110 valence electrons. The minimum Gasteiger partial charge on any atom is -0.476 e. The Morgan fingerprint density at radius 1 is 1.29 bits per heavy atom. The third-order valence-corrected chi connectivity index (χ3v) is 3.40. The summed E-state index contributed by atoms with van der Waals surface area (Å²) in [5.41, 5.74) is 0.810. The van der Waals surface area contributed by atoms with Crippen LogP contribution in [0.3, 0.4) is 0 Å². The first kappa shape index (κ1) is 13.7. The number of aromatic carboxylic acids is 1. The van der Waals surface area contributed by atoms with Gasteiger partial charge in [-0.1, -0.05) is 0 Å². The summed E-state index contributed by atoms with van der Waals surface area (Å²) >= 11 is 0. The van der Waals surface area contributed by atoms with Crippen molar-refractivity contribution in [2.24, 2.45) is 0 Å². The zero-order chi connectivity index (χ0) is 15.0. The van der Waals surface area contributed by atoms with Crippen LogP contribution in [0.15, 0.2) is 18.2 Å². The first-order valence-corrected chi connectivity index (χ1v) is 6.44. The molecule has 0 radical (unpaired) electrons. The SMILES string of the molecule is O=C(O)c1nc(-c2ccc(F)c(F)c2)n2c1CCOCC2. The van der Waals surface area contributed by atoms with Crippen molar-refractivity contribution in [3.8, 4) is 11.4 Å². The minimum absolute atomic E-state index is 0.0692. The molecule has 0 saturated heterocycles. The van der Waals surface area contributed by atoms with E-state index in [2.05, 4.69) is 4.98 Å². The van der Waals surface area contributed by atoms with Crippen LogP contribution in [0.25, 0.3) is 11.4 Å². The van der Waals surface area contributed by atoms with Crippen molar-refractivity contribution in [3.05, 3.63) is 41.2 Å². The van der Waals surface area contributed by atoms with E-state index in [1.54, 1.807) is 4.57 Å². The molecule has 1 aliphatic heterocycles. The van der Waals surface area contributed by atoms with Crippen LogP contribution in [-0.4, -0.2) is 33.8 Å². The molecule has 0 atom stereocenters. The van der Waals surface area contributed by atoms with Gasteiger partial charge in [0.1, 0.15) is 5.82 Å². The van der Waals surface area contributed by atoms with Crippen molar-refractivity contribution in [3.63, 3.8) is 0 Å². The molecular formula is C14H12F2N2O3. The van der Waals surface area contributed by atoms with Gasteiger partial charge < -0.3 is 14.4 Å². The fourth-order valence-corrected chi connectivity index (χ4v) is 2.43. The van der Waals surface area contributed by atoms with Crippen LogP contribution >= 0.6 is 0 Å². The van der Waals surface area contributed by atoms with Gasteiger partial charge in [-0.2, -0.15) is 0 Å². The van der Waals surface area contributed by atoms with Gasteiger partial charge in [0.25, 0.3) is 0 Å². The Hall–Kier alpha value is -2.28. The topological polar surface area (TPSA) is 64.3 Å². The predicted molar refractivity (Wildman–Crippen MR) is 69.1 cm³/mol. The van der Waals surface area contributed by atoms with Gasteiger partial charge in [0.05, 0.1) is 18.9 Å². The lowest BCUT2D eigenvalue weighted by atomic mass is 10.2. The number of nitrogens with zero attached hydrogens (tertiary/aromatic N) is 2. The molecule has 0 aliphatic carbocycles. The summed E-state index contributed by atoms with van der Waals surface area (Å²) in [6, 6.07) is 3.40. The first-order chi connectivity index (χ1) is 10.1. The van der Waals surface area contributed by atoms with E-state index in [1.807, 2.05) is 0 Å². The summed E-state index contributed by atoms with van der Waals surface area (Å²) in [6.07, 6.45) is 0.415. The lowest BCUT2D eigenvalue weighted by Gasteiger charge is -2.08. The number of carbonyl (C=O) groups is 1. The lowest BCUT2D eigenvalue weighted by molar-refractivity contribution is 0.0689. The smallest absolute Gasteiger partial charge is 0.356 e. The molecule has 1 aromatic carbocycles. The first-order valence-electron chi connectivity index (χ1n) is 6.44. The number of ether oxygens (including phenoxy) is 1. The number of carboxylic acid groups (broad SMARTS) is 1.